The molecule has 4 aromatic rings. The van der Waals surface area contributed by atoms with E-state index in [4.69, 9.17) is 4.74 Å². The third-order valence-corrected chi connectivity index (χ3v) is 15.7. The standard InChI is InChI=1S/C28H26BrO3P/c29-33(25-13-4-1-5-14-25,26-15-6-2-7-16-26,27-17-8-3-9-18-27)22-24(31)21-32-28-19-11-10-12-23(28)20-30/h1-20,24,31H,21-22H2. The van der Waals surface area contributed by atoms with Crippen LogP contribution in [-0.4, -0.2) is 30.3 Å². The van der Waals surface area contributed by atoms with Gasteiger partial charge in [-0.05, 0) is 0 Å². The molecule has 0 aliphatic rings. The molecule has 1 N–H and O–H groups in total. The fourth-order valence-electron chi connectivity index (χ4n) is 4.32. The minimum absolute atomic E-state index is 0.0703. The summed E-state index contributed by atoms with van der Waals surface area (Å²) in [6.45, 7) is 0.0703. The summed E-state index contributed by atoms with van der Waals surface area (Å²) < 4.78 is 5.91. The van der Waals surface area contributed by atoms with Crippen molar-refractivity contribution in [2.75, 3.05) is 12.8 Å². The number of para-hydroxylation sites is 1. The van der Waals surface area contributed by atoms with Crippen molar-refractivity contribution in [2.45, 2.75) is 6.10 Å². The quantitative estimate of drug-likeness (QED) is 0.247. The molecule has 0 spiro atoms. The topological polar surface area (TPSA) is 46.5 Å². The first-order valence-electron chi connectivity index (χ1n) is 10.8. The van der Waals surface area contributed by atoms with Crippen LogP contribution in [0.2, 0.25) is 0 Å². The molecule has 0 amide bonds. The predicted octanol–water partition coefficient (Wildman–Crippen LogP) is 5.08. The number of aliphatic hydroxyl groups is 1. The van der Waals surface area contributed by atoms with Gasteiger partial charge in [0.1, 0.15) is 0 Å². The Labute approximate surface area is 202 Å². The van der Waals surface area contributed by atoms with Crippen molar-refractivity contribution in [1.82, 2.24) is 0 Å². The van der Waals surface area contributed by atoms with Gasteiger partial charge >= 0.3 is 203 Å². The van der Waals surface area contributed by atoms with E-state index in [9.17, 15) is 9.90 Å². The molecule has 0 fully saturated rings. The molecular formula is C28H26BrO3P. The second kappa shape index (κ2) is 10.0. The third kappa shape index (κ3) is 4.52. The Morgan fingerprint density at radius 3 is 1.61 bits per heavy atom. The van der Waals surface area contributed by atoms with E-state index in [0.29, 0.717) is 17.5 Å². The predicted molar refractivity (Wildman–Crippen MR) is 142 cm³/mol. The van der Waals surface area contributed by atoms with Crippen LogP contribution >= 0.6 is 20.8 Å². The number of halogens is 1. The Morgan fingerprint density at radius 2 is 1.15 bits per heavy atom. The van der Waals surface area contributed by atoms with Crippen LogP contribution in [0.3, 0.4) is 0 Å². The zero-order valence-electron chi connectivity index (χ0n) is 18.1. The van der Waals surface area contributed by atoms with E-state index in [1.54, 1.807) is 18.2 Å². The van der Waals surface area contributed by atoms with E-state index in [1.165, 1.54) is 0 Å². The molecule has 33 heavy (non-hydrogen) atoms. The summed E-state index contributed by atoms with van der Waals surface area (Å²) in [5.41, 5.74) is 0.468. The number of rotatable bonds is 9. The fourth-order valence-corrected chi connectivity index (χ4v) is 12.3. The molecule has 0 heterocycles. The number of carbonyl (C=O) groups is 1. The van der Waals surface area contributed by atoms with Crippen molar-refractivity contribution < 1.29 is 14.6 Å². The average Bonchev–Trinajstić information content (AvgIpc) is 2.89. The molecule has 168 valence electrons. The van der Waals surface area contributed by atoms with Gasteiger partial charge in [-0.1, -0.05) is 0 Å². The Balaban J connectivity index is 1.80. The third-order valence-electron chi connectivity index (χ3n) is 5.91. The van der Waals surface area contributed by atoms with E-state index < -0.39 is 11.4 Å². The van der Waals surface area contributed by atoms with Crippen molar-refractivity contribution in [1.29, 1.82) is 0 Å². The average molecular weight is 521 g/mol. The first-order valence-corrected chi connectivity index (χ1v) is 15.2. The molecule has 0 bridgehead atoms. The molecule has 5 heteroatoms. The molecule has 0 aromatic heterocycles. The molecule has 0 radical (unpaired) electrons. The molecule has 0 aliphatic carbocycles. The minimum atomic E-state index is -3.25. The monoisotopic (exact) mass is 520 g/mol. The number of aliphatic hydroxyl groups excluding tert-OH is 1. The Morgan fingerprint density at radius 1 is 0.727 bits per heavy atom. The normalized spacial score (nSPS) is 13.5. The number of hydrogen-bond donors (Lipinski definition) is 1. The maximum atomic E-state index is 11.4. The Hall–Kier alpha value is -2.78. The van der Waals surface area contributed by atoms with Crippen LogP contribution in [-0.2, 0) is 0 Å². The SMILES string of the molecule is O=Cc1ccccc1OCC(O)CP(Br)(c1ccccc1)(c1ccccc1)c1ccccc1. The van der Waals surface area contributed by atoms with E-state index in [-0.39, 0.29) is 6.61 Å². The van der Waals surface area contributed by atoms with Crippen LogP contribution in [0.15, 0.2) is 115 Å². The molecule has 0 aliphatic heterocycles. The summed E-state index contributed by atoms with van der Waals surface area (Å²) in [4.78, 5) is 11.4. The number of benzene rings is 4. The van der Waals surface area contributed by atoms with Crippen LogP contribution in [0.5, 0.6) is 5.75 Å². The van der Waals surface area contributed by atoms with Gasteiger partial charge in [0.2, 0.25) is 0 Å². The van der Waals surface area contributed by atoms with Gasteiger partial charge in [-0.2, -0.15) is 0 Å². The van der Waals surface area contributed by atoms with E-state index in [0.717, 1.165) is 22.2 Å². The van der Waals surface area contributed by atoms with Crippen LogP contribution in [0.4, 0.5) is 0 Å². The molecule has 3 nitrogen and oxygen atoms in total. The molecule has 1 unspecified atom stereocenters. The summed E-state index contributed by atoms with van der Waals surface area (Å²) >= 11 is 4.33. The van der Waals surface area contributed by atoms with Crippen molar-refractivity contribution in [3.63, 3.8) is 0 Å². The first-order chi connectivity index (χ1) is 16.1. The maximum absolute atomic E-state index is 11.4. The zero-order chi connectivity index (χ0) is 23.2. The van der Waals surface area contributed by atoms with Gasteiger partial charge in [0.05, 0.1) is 0 Å². The van der Waals surface area contributed by atoms with Crippen molar-refractivity contribution >= 4 is 43.0 Å². The van der Waals surface area contributed by atoms with Gasteiger partial charge in [0.25, 0.3) is 0 Å². The zero-order valence-corrected chi connectivity index (χ0v) is 20.6. The van der Waals surface area contributed by atoms with Gasteiger partial charge in [-0.3, -0.25) is 0 Å². The Kier molecular flexibility index (Phi) is 7.09. The summed E-state index contributed by atoms with van der Waals surface area (Å²) in [6, 6.07) is 38.0. The van der Waals surface area contributed by atoms with Crippen LogP contribution in [0.1, 0.15) is 10.4 Å². The van der Waals surface area contributed by atoms with E-state index >= 15 is 0 Å². The van der Waals surface area contributed by atoms with Gasteiger partial charge in [-0.25, -0.2) is 0 Å². The second-order valence-electron chi connectivity index (χ2n) is 7.99. The van der Waals surface area contributed by atoms with Crippen LogP contribution in [0.25, 0.3) is 0 Å². The van der Waals surface area contributed by atoms with Crippen LogP contribution < -0.4 is 20.7 Å². The second-order valence-corrected chi connectivity index (χ2v) is 17.0. The number of hydrogen-bond acceptors (Lipinski definition) is 3. The van der Waals surface area contributed by atoms with E-state index in [1.807, 2.05) is 60.7 Å². The molecule has 4 rings (SSSR count). The number of carbonyl (C=O) groups excluding carboxylic acids is 1. The number of ether oxygens (including phenoxy) is 1. The molecule has 4 aromatic carbocycles. The Bertz CT molecular complexity index is 1100. The van der Waals surface area contributed by atoms with Crippen LogP contribution in [0, 0.1) is 0 Å². The van der Waals surface area contributed by atoms with E-state index in [2.05, 4.69) is 51.9 Å². The van der Waals surface area contributed by atoms with Crippen molar-refractivity contribution in [3.05, 3.63) is 121 Å². The van der Waals surface area contributed by atoms with Gasteiger partial charge in [0, 0.05) is 0 Å². The summed E-state index contributed by atoms with van der Waals surface area (Å²) in [7, 11) is 0. The molecule has 0 saturated carbocycles. The van der Waals surface area contributed by atoms with Gasteiger partial charge < -0.3 is 0 Å². The summed E-state index contributed by atoms with van der Waals surface area (Å²) in [6.07, 6.45) is 0.416. The summed E-state index contributed by atoms with van der Waals surface area (Å²) in [5.74, 6) is 0.473. The molecule has 0 saturated heterocycles. The van der Waals surface area contributed by atoms with Crippen molar-refractivity contribution in [2.24, 2.45) is 0 Å². The molecule has 1 atom stereocenters. The van der Waals surface area contributed by atoms with Gasteiger partial charge in [0.15, 0.2) is 0 Å². The van der Waals surface area contributed by atoms with Gasteiger partial charge in [-0.15, -0.1) is 0 Å². The number of aldehydes is 1. The summed E-state index contributed by atoms with van der Waals surface area (Å²) in [5, 5.41) is 11.5. The molecular weight excluding hydrogens is 495 g/mol. The fraction of sp³-hybridized carbons (Fsp3) is 0.107. The van der Waals surface area contributed by atoms with Crippen molar-refractivity contribution in [3.8, 4) is 5.75 Å². The first kappa shape index (κ1) is 23.4.